The second kappa shape index (κ2) is 6.00. The fourth-order valence-corrected chi connectivity index (χ4v) is 1.94. The van der Waals surface area contributed by atoms with Crippen LogP contribution in [0.3, 0.4) is 0 Å². The van der Waals surface area contributed by atoms with Gasteiger partial charge in [-0.1, -0.05) is 22.0 Å². The van der Waals surface area contributed by atoms with E-state index in [9.17, 15) is 9.59 Å². The fraction of sp³-hybridized carbons (Fsp3) is 0.385. The van der Waals surface area contributed by atoms with Crippen LogP contribution in [0.15, 0.2) is 22.7 Å². The van der Waals surface area contributed by atoms with Gasteiger partial charge in [0, 0.05) is 24.1 Å². The molecule has 0 bridgehead atoms. The minimum Gasteiger partial charge on any atom is -0.347 e. The Morgan fingerprint density at radius 2 is 1.94 bits per heavy atom. The third-order valence-electron chi connectivity index (χ3n) is 2.67. The first kappa shape index (κ1) is 14.7. The Morgan fingerprint density at radius 1 is 1.33 bits per heavy atom. The molecule has 1 rings (SSSR count). The lowest BCUT2D eigenvalue weighted by molar-refractivity contribution is -0.130. The monoisotopic (exact) mass is 312 g/mol. The van der Waals surface area contributed by atoms with Crippen LogP contribution in [0, 0.1) is 6.92 Å². The number of likely N-dealkylation sites (N-methyl/N-ethyl adjacent to an activating group) is 1. The Hall–Kier alpha value is -1.36. The van der Waals surface area contributed by atoms with Gasteiger partial charge in [0.1, 0.15) is 6.04 Å². The second-order valence-corrected chi connectivity index (χ2v) is 5.19. The molecule has 1 N–H and O–H groups in total. The van der Waals surface area contributed by atoms with Gasteiger partial charge in [-0.15, -0.1) is 0 Å². The van der Waals surface area contributed by atoms with Gasteiger partial charge in [0.2, 0.25) is 5.91 Å². The van der Waals surface area contributed by atoms with Crippen LogP contribution < -0.4 is 5.32 Å². The van der Waals surface area contributed by atoms with E-state index in [-0.39, 0.29) is 11.8 Å². The summed E-state index contributed by atoms with van der Waals surface area (Å²) in [5, 5.41) is 2.69. The molecule has 0 aromatic heterocycles. The highest BCUT2D eigenvalue weighted by Gasteiger charge is 2.19. The molecular weight excluding hydrogens is 296 g/mol. The molecule has 4 nitrogen and oxygen atoms in total. The maximum absolute atomic E-state index is 12.1. The first-order chi connectivity index (χ1) is 8.34. The number of carbonyl (C=O) groups is 2. The topological polar surface area (TPSA) is 49.4 Å². The molecule has 0 saturated carbocycles. The van der Waals surface area contributed by atoms with Crippen LogP contribution in [-0.2, 0) is 4.79 Å². The molecule has 1 atom stereocenters. The molecule has 0 radical (unpaired) electrons. The first-order valence-electron chi connectivity index (χ1n) is 5.61. The Kier molecular flexibility index (Phi) is 4.90. The van der Waals surface area contributed by atoms with Gasteiger partial charge in [0.15, 0.2) is 0 Å². The predicted octanol–water partition coefficient (Wildman–Crippen LogP) is 1.96. The minimum atomic E-state index is -0.536. The average molecular weight is 313 g/mol. The normalized spacial score (nSPS) is 11.8. The quantitative estimate of drug-likeness (QED) is 0.927. The molecule has 0 heterocycles. The summed E-state index contributed by atoms with van der Waals surface area (Å²) in [7, 11) is 3.32. The van der Waals surface area contributed by atoms with E-state index in [1.165, 1.54) is 4.90 Å². The lowest BCUT2D eigenvalue weighted by Crippen LogP contribution is -2.44. The van der Waals surface area contributed by atoms with Gasteiger partial charge >= 0.3 is 0 Å². The van der Waals surface area contributed by atoms with Crippen molar-refractivity contribution in [2.45, 2.75) is 19.9 Å². The van der Waals surface area contributed by atoms with E-state index in [2.05, 4.69) is 21.2 Å². The van der Waals surface area contributed by atoms with Crippen LogP contribution in [0.5, 0.6) is 0 Å². The van der Waals surface area contributed by atoms with Gasteiger partial charge in [-0.2, -0.15) is 0 Å². The van der Waals surface area contributed by atoms with Crippen molar-refractivity contribution in [1.29, 1.82) is 0 Å². The highest BCUT2D eigenvalue weighted by atomic mass is 79.9. The maximum Gasteiger partial charge on any atom is 0.252 e. The third kappa shape index (κ3) is 3.32. The third-order valence-corrected chi connectivity index (χ3v) is 3.53. The van der Waals surface area contributed by atoms with Gasteiger partial charge in [-0.05, 0) is 31.5 Å². The van der Waals surface area contributed by atoms with Crippen molar-refractivity contribution < 1.29 is 9.59 Å². The van der Waals surface area contributed by atoms with Crippen molar-refractivity contribution >= 4 is 27.7 Å². The van der Waals surface area contributed by atoms with Gasteiger partial charge < -0.3 is 10.2 Å². The van der Waals surface area contributed by atoms with E-state index in [4.69, 9.17) is 0 Å². The number of rotatable bonds is 3. The summed E-state index contributed by atoms with van der Waals surface area (Å²) in [6, 6.07) is 4.87. The summed E-state index contributed by atoms with van der Waals surface area (Å²) in [6.07, 6.45) is 0. The standard InChI is InChI=1S/C13H17BrN2O2/c1-8-10(6-5-7-11(8)14)12(17)15-9(2)13(18)16(3)4/h5-7,9H,1-4H3,(H,15,17). The maximum atomic E-state index is 12.1. The van der Waals surface area contributed by atoms with Crippen LogP contribution >= 0.6 is 15.9 Å². The number of halogens is 1. The molecule has 1 aromatic carbocycles. The number of nitrogens with zero attached hydrogens (tertiary/aromatic N) is 1. The second-order valence-electron chi connectivity index (χ2n) is 4.34. The first-order valence-corrected chi connectivity index (χ1v) is 6.41. The van der Waals surface area contributed by atoms with Crippen molar-refractivity contribution in [3.8, 4) is 0 Å². The van der Waals surface area contributed by atoms with Crippen molar-refractivity contribution in [3.05, 3.63) is 33.8 Å². The van der Waals surface area contributed by atoms with Gasteiger partial charge in [-0.25, -0.2) is 0 Å². The molecule has 0 spiro atoms. The van der Waals surface area contributed by atoms with E-state index in [1.54, 1.807) is 33.2 Å². The molecule has 0 aliphatic carbocycles. The lowest BCUT2D eigenvalue weighted by Gasteiger charge is -2.18. The molecule has 1 aromatic rings. The average Bonchev–Trinajstić information content (AvgIpc) is 2.31. The van der Waals surface area contributed by atoms with Gasteiger partial charge in [0.25, 0.3) is 5.91 Å². The molecule has 1 unspecified atom stereocenters. The molecule has 2 amide bonds. The van der Waals surface area contributed by atoms with Crippen molar-refractivity contribution in [2.75, 3.05) is 14.1 Å². The van der Waals surface area contributed by atoms with E-state index in [0.29, 0.717) is 5.56 Å². The predicted molar refractivity (Wildman–Crippen MR) is 74.5 cm³/mol. The molecule has 0 saturated heterocycles. The summed E-state index contributed by atoms with van der Waals surface area (Å²) in [5.41, 5.74) is 1.43. The van der Waals surface area contributed by atoms with Gasteiger partial charge in [0.05, 0.1) is 0 Å². The Morgan fingerprint density at radius 3 is 2.50 bits per heavy atom. The van der Waals surface area contributed by atoms with Crippen LogP contribution in [0.4, 0.5) is 0 Å². The number of carbonyl (C=O) groups excluding carboxylic acids is 2. The van der Waals surface area contributed by atoms with Crippen molar-refractivity contribution in [1.82, 2.24) is 10.2 Å². The smallest absolute Gasteiger partial charge is 0.252 e. The summed E-state index contributed by atoms with van der Waals surface area (Å²) >= 11 is 3.38. The number of nitrogens with one attached hydrogen (secondary N) is 1. The Labute approximate surface area is 115 Å². The Balaban J connectivity index is 2.83. The fourth-order valence-electron chi connectivity index (χ4n) is 1.58. The zero-order valence-electron chi connectivity index (χ0n) is 11.0. The van der Waals surface area contributed by atoms with Crippen LogP contribution in [-0.4, -0.2) is 36.9 Å². The number of hydrogen-bond acceptors (Lipinski definition) is 2. The van der Waals surface area contributed by atoms with E-state index < -0.39 is 6.04 Å². The van der Waals surface area contributed by atoms with Crippen LogP contribution in [0.2, 0.25) is 0 Å². The van der Waals surface area contributed by atoms with E-state index in [1.807, 2.05) is 13.0 Å². The van der Waals surface area contributed by atoms with Crippen LogP contribution in [0.25, 0.3) is 0 Å². The largest absolute Gasteiger partial charge is 0.347 e. The minimum absolute atomic E-state index is 0.129. The van der Waals surface area contributed by atoms with Crippen molar-refractivity contribution in [2.24, 2.45) is 0 Å². The van der Waals surface area contributed by atoms with Gasteiger partial charge in [-0.3, -0.25) is 9.59 Å². The van der Waals surface area contributed by atoms with E-state index in [0.717, 1.165) is 10.0 Å². The summed E-state index contributed by atoms with van der Waals surface area (Å²) < 4.78 is 0.877. The number of benzene rings is 1. The van der Waals surface area contributed by atoms with E-state index >= 15 is 0 Å². The summed E-state index contributed by atoms with van der Waals surface area (Å²) in [5.74, 6) is -0.368. The summed E-state index contributed by atoms with van der Waals surface area (Å²) in [4.78, 5) is 25.2. The lowest BCUT2D eigenvalue weighted by atomic mass is 10.1. The highest BCUT2D eigenvalue weighted by Crippen LogP contribution is 2.19. The van der Waals surface area contributed by atoms with Crippen molar-refractivity contribution in [3.63, 3.8) is 0 Å². The SMILES string of the molecule is Cc1c(Br)cccc1C(=O)NC(C)C(=O)N(C)C. The Bertz CT molecular complexity index is 472. The highest BCUT2D eigenvalue weighted by molar-refractivity contribution is 9.10. The zero-order chi connectivity index (χ0) is 13.9. The molecule has 18 heavy (non-hydrogen) atoms. The summed E-state index contributed by atoms with van der Waals surface area (Å²) in [6.45, 7) is 3.53. The molecule has 0 aliphatic heterocycles. The molecule has 0 aliphatic rings. The number of amides is 2. The molecular formula is C13H17BrN2O2. The zero-order valence-corrected chi connectivity index (χ0v) is 12.5. The van der Waals surface area contributed by atoms with Crippen LogP contribution in [0.1, 0.15) is 22.8 Å². The molecule has 0 fully saturated rings. The molecule has 5 heteroatoms. The number of hydrogen-bond donors (Lipinski definition) is 1. The molecule has 98 valence electrons.